The molecule has 9 nitrogen and oxygen atoms in total. The minimum absolute atomic E-state index is 0.167. The highest BCUT2D eigenvalue weighted by atomic mass is 16.7. The van der Waals surface area contributed by atoms with Crippen LogP contribution in [0.15, 0.2) is 66.7 Å². The minimum Gasteiger partial charge on any atom is -0.516 e. The van der Waals surface area contributed by atoms with Crippen LogP contribution in [0.2, 0.25) is 0 Å². The van der Waals surface area contributed by atoms with Crippen molar-refractivity contribution in [2.24, 2.45) is 5.73 Å². The third-order valence-electron chi connectivity index (χ3n) is 3.35. The molecule has 1 aromatic carbocycles. The minimum atomic E-state index is -0.839. The van der Waals surface area contributed by atoms with Crippen molar-refractivity contribution in [3.63, 3.8) is 0 Å². The smallest absolute Gasteiger partial charge is 0.221 e. The molecule has 0 amide bonds. The SMILES string of the molecule is C\C=C/C(=C\C=C\O)NOC(N)c1cc(Nc2ccnc(N)n2)ccc1N. The summed E-state index contributed by atoms with van der Waals surface area (Å²) in [6.07, 6.45) is 8.26. The van der Waals surface area contributed by atoms with Crippen molar-refractivity contribution in [2.75, 3.05) is 16.8 Å². The van der Waals surface area contributed by atoms with Gasteiger partial charge in [0, 0.05) is 23.1 Å². The molecule has 1 unspecified atom stereocenters. The van der Waals surface area contributed by atoms with Gasteiger partial charge in [-0.1, -0.05) is 6.08 Å². The van der Waals surface area contributed by atoms with Gasteiger partial charge < -0.3 is 27.6 Å². The van der Waals surface area contributed by atoms with E-state index in [1.165, 1.54) is 6.08 Å². The number of nitrogens with two attached hydrogens (primary N) is 3. The summed E-state index contributed by atoms with van der Waals surface area (Å²) < 4.78 is 0. The number of benzene rings is 1. The Balaban J connectivity index is 2.12. The molecule has 27 heavy (non-hydrogen) atoms. The predicted molar refractivity (Wildman–Crippen MR) is 106 cm³/mol. The van der Waals surface area contributed by atoms with Gasteiger partial charge in [-0.2, -0.15) is 4.98 Å². The summed E-state index contributed by atoms with van der Waals surface area (Å²) in [6.45, 7) is 1.85. The maximum absolute atomic E-state index is 8.76. The van der Waals surface area contributed by atoms with Crippen molar-refractivity contribution in [3.8, 4) is 0 Å². The summed E-state index contributed by atoms with van der Waals surface area (Å²) in [5.41, 5.74) is 22.8. The number of aliphatic hydroxyl groups is 1. The Morgan fingerprint density at radius 3 is 2.81 bits per heavy atom. The monoisotopic (exact) mass is 369 g/mol. The van der Waals surface area contributed by atoms with Crippen molar-refractivity contribution >= 4 is 23.1 Å². The molecule has 0 fully saturated rings. The van der Waals surface area contributed by atoms with E-state index in [1.54, 1.807) is 42.6 Å². The quantitative estimate of drug-likeness (QED) is 0.135. The van der Waals surface area contributed by atoms with Crippen LogP contribution >= 0.6 is 0 Å². The molecule has 1 atom stereocenters. The number of nitrogens with zero attached hydrogens (tertiary/aromatic N) is 2. The number of hydroxylamine groups is 1. The first-order chi connectivity index (χ1) is 13.0. The molecule has 0 saturated carbocycles. The molecular weight excluding hydrogens is 346 g/mol. The van der Waals surface area contributed by atoms with E-state index < -0.39 is 6.23 Å². The summed E-state index contributed by atoms with van der Waals surface area (Å²) in [5, 5.41) is 11.9. The topological polar surface area (TPSA) is 157 Å². The number of hydrogen-bond acceptors (Lipinski definition) is 9. The summed E-state index contributed by atoms with van der Waals surface area (Å²) in [5.74, 6) is 0.708. The first kappa shape index (κ1) is 19.8. The van der Waals surface area contributed by atoms with Crippen LogP contribution < -0.4 is 28.0 Å². The molecule has 0 spiro atoms. The molecule has 0 radical (unpaired) electrons. The summed E-state index contributed by atoms with van der Waals surface area (Å²) in [4.78, 5) is 13.4. The van der Waals surface area contributed by atoms with Crippen molar-refractivity contribution in [1.29, 1.82) is 0 Å². The second-order valence-electron chi connectivity index (χ2n) is 5.37. The average molecular weight is 369 g/mol. The molecular formula is C18H23N7O2. The molecule has 142 valence electrons. The van der Waals surface area contributed by atoms with Gasteiger partial charge >= 0.3 is 0 Å². The third-order valence-corrected chi connectivity index (χ3v) is 3.35. The number of aromatic nitrogens is 2. The lowest BCUT2D eigenvalue weighted by atomic mass is 10.1. The Kier molecular flexibility index (Phi) is 7.17. The fraction of sp³-hybridized carbons (Fsp3) is 0.111. The second kappa shape index (κ2) is 9.80. The van der Waals surface area contributed by atoms with Gasteiger partial charge in [-0.3, -0.25) is 10.3 Å². The lowest BCUT2D eigenvalue weighted by Gasteiger charge is -2.18. The van der Waals surface area contributed by atoms with Crippen molar-refractivity contribution in [1.82, 2.24) is 15.4 Å². The van der Waals surface area contributed by atoms with Crippen molar-refractivity contribution in [3.05, 3.63) is 72.3 Å². The molecule has 0 aliphatic carbocycles. The second-order valence-corrected chi connectivity index (χ2v) is 5.37. The molecule has 0 aliphatic rings. The van der Waals surface area contributed by atoms with Crippen LogP contribution in [0.4, 0.5) is 23.1 Å². The largest absolute Gasteiger partial charge is 0.516 e. The predicted octanol–water partition coefficient (Wildman–Crippen LogP) is 2.39. The van der Waals surface area contributed by atoms with Gasteiger partial charge in [-0.25, -0.2) is 4.98 Å². The van der Waals surface area contributed by atoms with Gasteiger partial charge in [0.1, 0.15) is 5.82 Å². The van der Waals surface area contributed by atoms with E-state index in [4.69, 9.17) is 27.1 Å². The maximum Gasteiger partial charge on any atom is 0.221 e. The Labute approximate surface area is 157 Å². The highest BCUT2D eigenvalue weighted by Gasteiger charge is 2.12. The molecule has 1 aromatic heterocycles. The molecule has 9 N–H and O–H groups in total. The number of allylic oxidation sites excluding steroid dienone is 4. The zero-order valence-corrected chi connectivity index (χ0v) is 14.8. The first-order valence-corrected chi connectivity index (χ1v) is 8.09. The Hall–Kier alpha value is -3.56. The fourth-order valence-electron chi connectivity index (χ4n) is 2.14. The molecule has 0 saturated heterocycles. The summed E-state index contributed by atoms with van der Waals surface area (Å²) in [7, 11) is 0. The lowest BCUT2D eigenvalue weighted by Crippen LogP contribution is -2.24. The van der Waals surface area contributed by atoms with Crippen LogP contribution in [0.25, 0.3) is 0 Å². The maximum atomic E-state index is 8.76. The van der Waals surface area contributed by atoms with E-state index in [0.29, 0.717) is 28.5 Å². The average Bonchev–Trinajstić information content (AvgIpc) is 2.65. The van der Waals surface area contributed by atoms with Crippen LogP contribution in [0.1, 0.15) is 18.7 Å². The molecule has 2 rings (SSSR count). The number of anilines is 4. The normalized spacial score (nSPS) is 13.2. The van der Waals surface area contributed by atoms with Gasteiger partial charge in [0.2, 0.25) is 5.95 Å². The Morgan fingerprint density at radius 2 is 2.11 bits per heavy atom. The van der Waals surface area contributed by atoms with E-state index in [-0.39, 0.29) is 5.95 Å². The molecule has 1 heterocycles. The number of rotatable bonds is 8. The highest BCUT2D eigenvalue weighted by Crippen LogP contribution is 2.25. The van der Waals surface area contributed by atoms with Crippen molar-refractivity contribution in [2.45, 2.75) is 13.2 Å². The van der Waals surface area contributed by atoms with E-state index in [2.05, 4.69) is 20.8 Å². The van der Waals surface area contributed by atoms with E-state index >= 15 is 0 Å². The third kappa shape index (κ3) is 6.03. The van der Waals surface area contributed by atoms with Crippen LogP contribution in [0.3, 0.4) is 0 Å². The van der Waals surface area contributed by atoms with Crippen LogP contribution in [-0.2, 0) is 4.84 Å². The number of nitrogens with one attached hydrogen (secondary N) is 2. The van der Waals surface area contributed by atoms with Gasteiger partial charge in [0.25, 0.3) is 0 Å². The lowest BCUT2D eigenvalue weighted by molar-refractivity contribution is -0.00315. The zero-order chi connectivity index (χ0) is 19.6. The highest BCUT2D eigenvalue weighted by molar-refractivity contribution is 5.63. The van der Waals surface area contributed by atoms with Gasteiger partial charge in [0.05, 0.1) is 12.0 Å². The molecule has 9 heteroatoms. The Bertz CT molecular complexity index is 849. The molecule has 0 bridgehead atoms. The van der Waals surface area contributed by atoms with Crippen LogP contribution in [0.5, 0.6) is 0 Å². The summed E-state index contributed by atoms with van der Waals surface area (Å²) >= 11 is 0. The standard InChI is InChI=1S/C18H23N7O2/c1-2-4-12(5-3-10-26)25-27-17(20)14-11-13(6-7-15(14)19)23-16-8-9-22-18(21)24-16/h2-11,17,25-26H,19-20H2,1H3,(H3,21,22,23,24)/b4-2-,10-3+,12-5+. The van der Waals surface area contributed by atoms with E-state index in [0.717, 1.165) is 6.26 Å². The zero-order valence-electron chi connectivity index (χ0n) is 14.8. The van der Waals surface area contributed by atoms with Crippen molar-refractivity contribution < 1.29 is 9.94 Å². The van der Waals surface area contributed by atoms with E-state index in [9.17, 15) is 0 Å². The molecule has 0 aliphatic heterocycles. The first-order valence-electron chi connectivity index (χ1n) is 8.09. The fourth-order valence-corrected chi connectivity index (χ4v) is 2.14. The van der Waals surface area contributed by atoms with Gasteiger partial charge in [-0.05, 0) is 49.4 Å². The van der Waals surface area contributed by atoms with E-state index in [1.807, 2.05) is 13.0 Å². The molecule has 2 aromatic rings. The van der Waals surface area contributed by atoms with Crippen LogP contribution in [0, 0.1) is 0 Å². The number of hydrogen-bond donors (Lipinski definition) is 6. The van der Waals surface area contributed by atoms with Gasteiger partial charge in [-0.15, -0.1) is 0 Å². The number of aliphatic hydroxyl groups excluding tert-OH is 1. The summed E-state index contributed by atoms with van der Waals surface area (Å²) in [6, 6.07) is 6.94. The number of nitrogen functional groups attached to an aromatic ring is 2. The van der Waals surface area contributed by atoms with Gasteiger partial charge in [0.15, 0.2) is 6.23 Å². The Morgan fingerprint density at radius 1 is 1.30 bits per heavy atom. The van der Waals surface area contributed by atoms with Crippen LogP contribution in [-0.4, -0.2) is 15.1 Å².